The Balaban J connectivity index is 0.964. The molecule has 15 aromatic rings. The third kappa shape index (κ3) is 5.77. The lowest BCUT2D eigenvalue weighted by molar-refractivity contribution is 0.794. The molecule has 382 valence electrons. The molecule has 0 aliphatic heterocycles. The molecule has 0 atom stereocenters. The van der Waals surface area contributed by atoms with Crippen molar-refractivity contribution in [1.29, 1.82) is 0 Å². The van der Waals surface area contributed by atoms with Gasteiger partial charge >= 0.3 is 0 Å². The monoisotopic (exact) mass is 1070 g/mol. The number of benzene rings is 13. The van der Waals surface area contributed by atoms with Crippen molar-refractivity contribution in [2.24, 2.45) is 0 Å². The fourth-order valence-electron chi connectivity index (χ4n) is 15.9. The van der Waals surface area contributed by atoms with E-state index in [1.165, 1.54) is 111 Å². The molecule has 2 aromatic heterocycles. The van der Waals surface area contributed by atoms with Crippen LogP contribution in [0, 0.1) is 0 Å². The molecule has 2 nitrogen and oxygen atoms in total. The first kappa shape index (κ1) is 45.4. The Morgan fingerprint density at radius 1 is 0.217 bits per heavy atom. The summed E-state index contributed by atoms with van der Waals surface area (Å²) in [6, 6.07) is 104. The third-order valence-electron chi connectivity index (χ3n) is 19.1. The van der Waals surface area contributed by atoms with E-state index in [4.69, 9.17) is 9.97 Å². The van der Waals surface area contributed by atoms with Gasteiger partial charge in [0.1, 0.15) is 11.0 Å². The average molecular weight is 1070 g/mol. The van der Waals surface area contributed by atoms with Crippen LogP contribution < -0.4 is 0 Å². The largest absolute Gasteiger partial charge is 0.242 e. The Bertz CT molecular complexity index is 4920. The van der Waals surface area contributed by atoms with E-state index in [1.807, 2.05) is 11.3 Å². The fourth-order valence-corrected chi connectivity index (χ4v) is 17.2. The van der Waals surface area contributed by atoms with Crippen LogP contribution in [0.25, 0.3) is 131 Å². The summed E-state index contributed by atoms with van der Waals surface area (Å²) in [6.45, 7) is 0. The lowest BCUT2D eigenvalue weighted by Gasteiger charge is -2.30. The van der Waals surface area contributed by atoms with Crippen molar-refractivity contribution in [2.75, 3.05) is 0 Å². The van der Waals surface area contributed by atoms with Gasteiger partial charge in [0, 0.05) is 21.9 Å². The minimum Gasteiger partial charge on any atom is -0.242 e. The molecule has 13 aromatic carbocycles. The molecule has 0 saturated heterocycles. The lowest BCUT2D eigenvalue weighted by atomic mass is 9.70. The third-order valence-corrected chi connectivity index (χ3v) is 20.4. The number of thiophene rings is 1. The summed E-state index contributed by atoms with van der Waals surface area (Å²) in [5.74, 6) is 0. The summed E-state index contributed by atoms with van der Waals surface area (Å²) in [6.07, 6.45) is 0. The van der Waals surface area contributed by atoms with E-state index in [-0.39, 0.29) is 0 Å². The Hall–Kier alpha value is -10.3. The predicted molar refractivity (Wildman–Crippen MR) is 344 cm³/mol. The van der Waals surface area contributed by atoms with Gasteiger partial charge in [0.2, 0.25) is 0 Å². The first-order valence-corrected chi connectivity index (χ1v) is 29.6. The highest BCUT2D eigenvalue weighted by Gasteiger charge is 2.54. The van der Waals surface area contributed by atoms with Crippen LogP contribution in [0.1, 0.15) is 44.5 Å². The van der Waals surface area contributed by atoms with Crippen LogP contribution in [0.5, 0.6) is 0 Å². The second kappa shape index (κ2) is 16.6. The molecule has 2 spiro atoms. The number of rotatable bonds is 4. The number of nitrogens with zero attached hydrogens (tertiary/aromatic N) is 2. The van der Waals surface area contributed by atoms with Crippen LogP contribution >= 0.6 is 11.3 Å². The van der Waals surface area contributed by atoms with Gasteiger partial charge in [-0.25, -0.2) is 9.97 Å². The highest BCUT2D eigenvalue weighted by molar-refractivity contribution is 7.21. The minimum atomic E-state index is -0.505. The zero-order valence-electron chi connectivity index (χ0n) is 44.9. The van der Waals surface area contributed by atoms with Crippen molar-refractivity contribution in [1.82, 2.24) is 9.97 Å². The van der Waals surface area contributed by atoms with Gasteiger partial charge in [-0.2, -0.15) is 0 Å². The second-order valence-corrected chi connectivity index (χ2v) is 23.9. The van der Waals surface area contributed by atoms with E-state index in [1.54, 1.807) is 0 Å². The van der Waals surface area contributed by atoms with Crippen molar-refractivity contribution in [3.8, 4) is 87.6 Å². The second-order valence-electron chi connectivity index (χ2n) is 22.9. The van der Waals surface area contributed by atoms with Crippen molar-refractivity contribution < 1.29 is 0 Å². The van der Waals surface area contributed by atoms with E-state index in [9.17, 15) is 0 Å². The van der Waals surface area contributed by atoms with Crippen molar-refractivity contribution >= 4 is 54.9 Å². The van der Waals surface area contributed by atoms with Gasteiger partial charge in [-0.1, -0.05) is 267 Å². The van der Waals surface area contributed by atoms with Crippen molar-refractivity contribution in [2.45, 2.75) is 10.8 Å². The van der Waals surface area contributed by atoms with E-state index < -0.39 is 10.8 Å². The summed E-state index contributed by atoms with van der Waals surface area (Å²) in [5.41, 5.74) is 30.4. The molecule has 4 aliphatic carbocycles. The maximum atomic E-state index is 6.17. The number of hydrogen-bond acceptors (Lipinski definition) is 3. The number of fused-ring (bicyclic) bond motifs is 27. The van der Waals surface area contributed by atoms with Crippen LogP contribution in [-0.4, -0.2) is 9.97 Å². The minimum absolute atomic E-state index is 0.505. The van der Waals surface area contributed by atoms with Crippen LogP contribution in [0.2, 0.25) is 0 Å². The smallest absolute Gasteiger partial charge is 0.109 e. The molecule has 0 amide bonds. The fraction of sp³-hybridized carbons (Fsp3) is 0.0250. The highest BCUT2D eigenvalue weighted by Crippen LogP contribution is 2.67. The quantitative estimate of drug-likeness (QED) is 0.164. The summed E-state index contributed by atoms with van der Waals surface area (Å²) in [7, 11) is 0. The van der Waals surface area contributed by atoms with Gasteiger partial charge < -0.3 is 0 Å². The Kier molecular flexibility index (Phi) is 9.11. The SMILES string of the molecule is c1ccc(-c2ccc3c4ccc(-c5ccccc5)cc4c4nc5c(-c6cccc7c6-c6ccccc6C76c7ccccc7-c7ccccc76)sc(-c6cccc7c6-c6ccccc6C76c7ccccc7-c7ccccc76)c5nc4c3c2)cc1. The maximum Gasteiger partial charge on any atom is 0.109 e. The van der Waals surface area contributed by atoms with E-state index in [0.29, 0.717) is 0 Å². The van der Waals surface area contributed by atoms with Gasteiger partial charge in [-0.3, -0.25) is 0 Å². The van der Waals surface area contributed by atoms with Gasteiger partial charge in [0.15, 0.2) is 0 Å². The van der Waals surface area contributed by atoms with Crippen LogP contribution in [0.4, 0.5) is 0 Å². The molecular formula is C80H46N2S. The zero-order chi connectivity index (χ0) is 54.1. The standard InChI is InChI=1S/C80H46N2S/c1-3-21-47(22-4-1)49-41-43-51-52-44-42-50(48-23-5-2-6-24-48)46-62(52)74-73(61(51)45-49)81-75-76(82-74)78(60-32-20-40-70-72(60)58-30-12-18-38-68(58)80(70)65-35-15-9-27-55(65)56-28-10-16-36-66(56)80)83-77(75)59-31-19-39-69-71(59)57-29-11-17-37-67(57)79(69)63-33-13-7-25-53(63)54-26-8-14-34-64(54)79/h1-46H. The maximum absolute atomic E-state index is 6.17. The molecule has 3 heteroatoms. The Labute approximate surface area is 484 Å². The highest BCUT2D eigenvalue weighted by atomic mass is 32.1. The van der Waals surface area contributed by atoms with Gasteiger partial charge in [-0.15, -0.1) is 11.3 Å². The summed E-state index contributed by atoms with van der Waals surface area (Å²) in [5, 5.41) is 4.50. The molecule has 83 heavy (non-hydrogen) atoms. The molecule has 0 saturated carbocycles. The molecule has 2 heterocycles. The van der Waals surface area contributed by atoms with Crippen LogP contribution in [0.15, 0.2) is 279 Å². The summed E-state index contributed by atoms with van der Waals surface area (Å²) in [4.78, 5) is 14.6. The summed E-state index contributed by atoms with van der Waals surface area (Å²) >= 11 is 1.86. The molecule has 0 N–H and O–H groups in total. The normalized spacial score (nSPS) is 14.0. The molecule has 4 aliphatic rings. The lowest BCUT2D eigenvalue weighted by Crippen LogP contribution is -2.25. The topological polar surface area (TPSA) is 25.8 Å². The molecular weight excluding hydrogens is 1020 g/mol. The predicted octanol–water partition coefficient (Wildman–Crippen LogP) is 20.5. The van der Waals surface area contributed by atoms with Crippen LogP contribution in [0.3, 0.4) is 0 Å². The Morgan fingerprint density at radius 3 is 0.892 bits per heavy atom. The van der Waals surface area contributed by atoms with E-state index >= 15 is 0 Å². The van der Waals surface area contributed by atoms with Crippen LogP contribution in [-0.2, 0) is 10.8 Å². The number of hydrogen-bond donors (Lipinski definition) is 0. The van der Waals surface area contributed by atoms with E-state index in [2.05, 4.69) is 279 Å². The first-order chi connectivity index (χ1) is 41.2. The molecule has 0 unspecified atom stereocenters. The van der Waals surface area contributed by atoms with Crippen molar-refractivity contribution in [3.63, 3.8) is 0 Å². The van der Waals surface area contributed by atoms with Gasteiger partial charge in [-0.05, 0) is 134 Å². The van der Waals surface area contributed by atoms with E-state index in [0.717, 1.165) is 64.5 Å². The molecule has 0 radical (unpaired) electrons. The summed E-state index contributed by atoms with van der Waals surface area (Å²) < 4.78 is 0. The van der Waals surface area contributed by atoms with Gasteiger partial charge in [0.25, 0.3) is 0 Å². The zero-order valence-corrected chi connectivity index (χ0v) is 45.7. The molecule has 19 rings (SSSR count). The number of aromatic nitrogens is 2. The van der Waals surface area contributed by atoms with Crippen molar-refractivity contribution in [3.05, 3.63) is 324 Å². The molecule has 0 bridgehead atoms. The Morgan fingerprint density at radius 2 is 0.518 bits per heavy atom. The van der Waals surface area contributed by atoms with Gasteiger partial charge in [0.05, 0.1) is 31.6 Å². The first-order valence-electron chi connectivity index (χ1n) is 28.8. The average Bonchev–Trinajstić information content (AvgIpc) is 1.61. The molecule has 0 fully saturated rings.